The van der Waals surface area contributed by atoms with Gasteiger partial charge in [-0.2, -0.15) is 5.10 Å². The van der Waals surface area contributed by atoms with Crippen LogP contribution in [0.3, 0.4) is 0 Å². The topological polar surface area (TPSA) is 102 Å². The highest BCUT2D eigenvalue weighted by Crippen LogP contribution is 2.27. The molecule has 154 valence electrons. The van der Waals surface area contributed by atoms with Crippen molar-refractivity contribution in [2.45, 2.75) is 46.2 Å². The molecule has 0 unspecified atom stereocenters. The summed E-state index contributed by atoms with van der Waals surface area (Å²) in [7, 11) is 1.58. The van der Waals surface area contributed by atoms with Crippen molar-refractivity contribution in [2.24, 2.45) is 0 Å². The van der Waals surface area contributed by atoms with Gasteiger partial charge in [-0.1, -0.05) is 17.7 Å². The predicted molar refractivity (Wildman–Crippen MR) is 112 cm³/mol. The van der Waals surface area contributed by atoms with Crippen LogP contribution in [0.4, 0.5) is 5.82 Å². The zero-order chi connectivity index (χ0) is 21.0. The highest BCUT2D eigenvalue weighted by molar-refractivity contribution is 6.32. The Kier molecular flexibility index (Phi) is 6.53. The molecule has 0 aliphatic rings. The first-order chi connectivity index (χ1) is 13.9. The van der Waals surface area contributed by atoms with Gasteiger partial charge >= 0.3 is 5.97 Å². The summed E-state index contributed by atoms with van der Waals surface area (Å²) in [6.45, 7) is 5.13. The smallest absolute Gasteiger partial charge is 0.303 e. The lowest BCUT2D eigenvalue weighted by molar-refractivity contribution is -0.137. The molecule has 8 nitrogen and oxygen atoms in total. The maximum absolute atomic E-state index is 10.8. The molecule has 2 heterocycles. The number of hydrogen-bond acceptors (Lipinski definition) is 6. The summed E-state index contributed by atoms with van der Waals surface area (Å²) in [4.78, 5) is 20.1. The van der Waals surface area contributed by atoms with Gasteiger partial charge in [-0.15, -0.1) is 0 Å². The number of halogens is 1. The number of carbonyl (C=O) groups is 1. The Morgan fingerprint density at radius 1 is 1.34 bits per heavy atom. The monoisotopic (exact) mass is 417 g/mol. The number of nitrogens with one attached hydrogen (secondary N) is 1. The van der Waals surface area contributed by atoms with Crippen LogP contribution in [0.1, 0.15) is 36.8 Å². The van der Waals surface area contributed by atoms with Crippen LogP contribution >= 0.6 is 11.6 Å². The second kappa shape index (κ2) is 9.09. The number of carboxylic acid groups (broad SMARTS) is 1. The van der Waals surface area contributed by atoms with Crippen LogP contribution in [0.2, 0.25) is 5.02 Å². The first-order valence-corrected chi connectivity index (χ1v) is 9.82. The molecule has 3 rings (SSSR count). The fraction of sp³-hybridized carbons (Fsp3) is 0.400. The van der Waals surface area contributed by atoms with Gasteiger partial charge in [0.2, 0.25) is 0 Å². The molecule has 0 saturated carbocycles. The number of methoxy groups -OCH3 is 1. The number of carboxylic acids is 1. The number of aliphatic carboxylic acids is 1. The van der Waals surface area contributed by atoms with Gasteiger partial charge < -0.3 is 15.2 Å². The van der Waals surface area contributed by atoms with Crippen molar-refractivity contribution in [3.8, 4) is 5.75 Å². The third-order valence-corrected chi connectivity index (χ3v) is 4.86. The first kappa shape index (κ1) is 20.9. The maximum Gasteiger partial charge on any atom is 0.303 e. The van der Waals surface area contributed by atoms with E-state index in [1.165, 1.54) is 0 Å². The van der Waals surface area contributed by atoms with E-state index in [2.05, 4.69) is 20.4 Å². The Labute approximate surface area is 173 Å². The zero-order valence-electron chi connectivity index (χ0n) is 16.7. The summed E-state index contributed by atoms with van der Waals surface area (Å²) in [5, 5.41) is 17.3. The molecule has 0 aliphatic heterocycles. The fourth-order valence-electron chi connectivity index (χ4n) is 3.14. The summed E-state index contributed by atoms with van der Waals surface area (Å²) in [6.07, 6.45) is 1.05. The minimum Gasteiger partial charge on any atom is -0.495 e. The second-order valence-electron chi connectivity index (χ2n) is 6.66. The van der Waals surface area contributed by atoms with E-state index in [1.54, 1.807) is 7.11 Å². The largest absolute Gasteiger partial charge is 0.495 e. The van der Waals surface area contributed by atoms with E-state index in [-0.39, 0.29) is 6.42 Å². The van der Waals surface area contributed by atoms with Crippen molar-refractivity contribution in [3.63, 3.8) is 0 Å². The van der Waals surface area contributed by atoms with Crippen LogP contribution in [-0.2, 0) is 24.3 Å². The lowest BCUT2D eigenvalue weighted by atomic mass is 10.2. The van der Waals surface area contributed by atoms with E-state index in [1.807, 2.05) is 36.7 Å². The van der Waals surface area contributed by atoms with E-state index in [4.69, 9.17) is 21.4 Å². The quantitative estimate of drug-likeness (QED) is 0.545. The van der Waals surface area contributed by atoms with Gasteiger partial charge in [0.25, 0.3) is 0 Å². The number of benzene rings is 1. The number of aromatic nitrogens is 4. The molecule has 1 aromatic carbocycles. The molecule has 3 aromatic rings. The van der Waals surface area contributed by atoms with Gasteiger partial charge in [0, 0.05) is 25.9 Å². The summed E-state index contributed by atoms with van der Waals surface area (Å²) in [5.74, 6) is 1.08. The van der Waals surface area contributed by atoms with Crippen molar-refractivity contribution in [3.05, 3.63) is 40.3 Å². The highest BCUT2D eigenvalue weighted by Gasteiger charge is 2.16. The molecule has 0 fully saturated rings. The molecule has 0 aliphatic carbocycles. The average molecular weight is 418 g/mol. The SMILES string of the molecule is CCn1nc(C)c2nc(CCCC(=O)O)nc(NCc3ccc(OC)c(Cl)c3)c21. The van der Waals surface area contributed by atoms with Gasteiger partial charge in [0.05, 0.1) is 17.8 Å². The molecule has 0 bridgehead atoms. The van der Waals surface area contributed by atoms with E-state index in [9.17, 15) is 4.79 Å². The van der Waals surface area contributed by atoms with E-state index in [0.29, 0.717) is 48.3 Å². The molecule has 2 aromatic heterocycles. The number of fused-ring (bicyclic) bond motifs is 1. The summed E-state index contributed by atoms with van der Waals surface area (Å²) in [5.41, 5.74) is 3.42. The van der Waals surface area contributed by atoms with Gasteiger partial charge in [-0.05, 0) is 38.0 Å². The standard InChI is InChI=1S/C20H24ClN5O3/c1-4-26-19-18(12(2)25-26)23-16(6-5-7-17(27)28)24-20(19)22-11-13-8-9-15(29-3)14(21)10-13/h8-10H,4-7,11H2,1-3H3,(H,27,28)(H,22,23,24). The Morgan fingerprint density at radius 3 is 2.79 bits per heavy atom. The van der Waals surface area contributed by atoms with Crippen molar-refractivity contribution in [1.29, 1.82) is 0 Å². The molecule has 0 amide bonds. The lowest BCUT2D eigenvalue weighted by Gasteiger charge is -2.11. The molecule has 9 heteroatoms. The molecule has 0 spiro atoms. The van der Waals surface area contributed by atoms with Crippen molar-refractivity contribution < 1.29 is 14.6 Å². The van der Waals surface area contributed by atoms with Crippen LogP contribution < -0.4 is 10.1 Å². The van der Waals surface area contributed by atoms with Crippen LogP contribution in [0.25, 0.3) is 11.0 Å². The van der Waals surface area contributed by atoms with Crippen LogP contribution in [0.5, 0.6) is 5.75 Å². The van der Waals surface area contributed by atoms with Gasteiger partial charge in [0.1, 0.15) is 22.6 Å². The van der Waals surface area contributed by atoms with E-state index < -0.39 is 5.97 Å². The number of anilines is 1. The minimum atomic E-state index is -0.823. The van der Waals surface area contributed by atoms with Crippen molar-refractivity contribution in [2.75, 3.05) is 12.4 Å². The number of aryl methyl sites for hydroxylation is 3. The van der Waals surface area contributed by atoms with Crippen molar-refractivity contribution >= 4 is 34.4 Å². The van der Waals surface area contributed by atoms with Crippen LogP contribution in [0, 0.1) is 6.92 Å². The van der Waals surface area contributed by atoms with E-state index >= 15 is 0 Å². The zero-order valence-corrected chi connectivity index (χ0v) is 17.5. The van der Waals surface area contributed by atoms with Gasteiger partial charge in [-0.3, -0.25) is 9.48 Å². The Hall–Kier alpha value is -2.87. The molecule has 0 radical (unpaired) electrons. The van der Waals surface area contributed by atoms with Crippen molar-refractivity contribution in [1.82, 2.24) is 19.7 Å². The molecular weight excluding hydrogens is 394 g/mol. The highest BCUT2D eigenvalue weighted by atomic mass is 35.5. The number of rotatable bonds is 9. The number of nitrogens with zero attached hydrogens (tertiary/aromatic N) is 4. The van der Waals surface area contributed by atoms with Crippen LogP contribution in [0.15, 0.2) is 18.2 Å². The second-order valence-corrected chi connectivity index (χ2v) is 7.06. The number of hydrogen-bond donors (Lipinski definition) is 2. The predicted octanol–water partition coefficient (Wildman–Crippen LogP) is 3.84. The Balaban J connectivity index is 1.91. The molecule has 0 atom stereocenters. The van der Waals surface area contributed by atoms with Crippen LogP contribution in [-0.4, -0.2) is 37.9 Å². The third kappa shape index (κ3) is 4.76. The third-order valence-electron chi connectivity index (χ3n) is 4.57. The van der Waals surface area contributed by atoms with E-state index in [0.717, 1.165) is 22.3 Å². The normalized spacial score (nSPS) is 11.0. The Bertz CT molecular complexity index is 1030. The molecule has 2 N–H and O–H groups in total. The molecular formula is C20H24ClN5O3. The minimum absolute atomic E-state index is 0.0850. The molecule has 0 saturated heterocycles. The maximum atomic E-state index is 10.8. The Morgan fingerprint density at radius 2 is 2.14 bits per heavy atom. The summed E-state index contributed by atoms with van der Waals surface area (Å²) >= 11 is 6.22. The lowest BCUT2D eigenvalue weighted by Crippen LogP contribution is -2.08. The average Bonchev–Trinajstić information content (AvgIpc) is 3.02. The fourth-order valence-corrected chi connectivity index (χ4v) is 3.42. The summed E-state index contributed by atoms with van der Waals surface area (Å²) < 4.78 is 7.07. The summed E-state index contributed by atoms with van der Waals surface area (Å²) in [6, 6.07) is 5.61. The first-order valence-electron chi connectivity index (χ1n) is 9.45. The number of ether oxygens (including phenoxy) is 1. The van der Waals surface area contributed by atoms with Gasteiger partial charge in [-0.25, -0.2) is 9.97 Å². The molecule has 29 heavy (non-hydrogen) atoms. The van der Waals surface area contributed by atoms with Gasteiger partial charge in [0.15, 0.2) is 5.82 Å².